The Balaban J connectivity index is 1.91. The van der Waals surface area contributed by atoms with E-state index in [9.17, 15) is 4.79 Å². The lowest BCUT2D eigenvalue weighted by Gasteiger charge is -2.39. The molecular weight excluding hydrogens is 278 g/mol. The summed E-state index contributed by atoms with van der Waals surface area (Å²) in [6.45, 7) is 9.57. The fourth-order valence-corrected chi connectivity index (χ4v) is 3.05. The van der Waals surface area contributed by atoms with Crippen molar-refractivity contribution >= 4 is 6.09 Å². The predicted molar refractivity (Wildman–Crippen MR) is 87.8 cm³/mol. The lowest BCUT2D eigenvalue weighted by molar-refractivity contribution is 0.0470. The minimum atomic E-state index is -0.451. The second-order valence-corrected chi connectivity index (χ2v) is 7.07. The Morgan fingerprint density at radius 3 is 2.91 bits per heavy atom. The molecule has 1 fully saturated rings. The number of amides is 1. The van der Waals surface area contributed by atoms with Crippen molar-refractivity contribution in [3.8, 4) is 0 Å². The number of H-pyrrole nitrogens is 1. The number of alkyl carbamates (subject to hydrolysis) is 1. The molecule has 2 N–H and O–H groups in total. The van der Waals surface area contributed by atoms with Crippen molar-refractivity contribution in [3.63, 3.8) is 0 Å². The van der Waals surface area contributed by atoms with E-state index in [1.807, 2.05) is 33.0 Å². The highest BCUT2D eigenvalue weighted by Gasteiger charge is 2.28. The molecule has 0 aliphatic carbocycles. The zero-order valence-corrected chi connectivity index (χ0v) is 14.2. The maximum Gasteiger partial charge on any atom is 0.407 e. The van der Waals surface area contributed by atoms with Gasteiger partial charge in [0.05, 0.1) is 0 Å². The minimum Gasteiger partial charge on any atom is -0.444 e. The molecular formula is C17H29N3O2. The summed E-state index contributed by atoms with van der Waals surface area (Å²) in [5, 5.41) is 2.93. The second-order valence-electron chi connectivity index (χ2n) is 7.07. The van der Waals surface area contributed by atoms with Crippen LogP contribution in [0.25, 0.3) is 0 Å². The molecule has 5 nitrogen and oxygen atoms in total. The molecule has 0 unspecified atom stereocenters. The smallest absolute Gasteiger partial charge is 0.407 e. The van der Waals surface area contributed by atoms with E-state index >= 15 is 0 Å². The number of carbonyl (C=O) groups is 1. The molecule has 2 rings (SSSR count). The van der Waals surface area contributed by atoms with Gasteiger partial charge in [-0.25, -0.2) is 4.79 Å². The molecule has 1 amide bonds. The molecule has 0 saturated carbocycles. The van der Waals surface area contributed by atoms with Crippen LogP contribution >= 0.6 is 0 Å². The van der Waals surface area contributed by atoms with Gasteiger partial charge in [-0.2, -0.15) is 0 Å². The fourth-order valence-electron chi connectivity index (χ4n) is 3.05. The first-order chi connectivity index (χ1) is 10.4. The number of hydrogen-bond acceptors (Lipinski definition) is 3. The number of rotatable bonds is 4. The van der Waals surface area contributed by atoms with E-state index in [0.717, 1.165) is 13.0 Å². The van der Waals surface area contributed by atoms with Crippen molar-refractivity contribution in [1.29, 1.82) is 0 Å². The monoisotopic (exact) mass is 307 g/mol. The van der Waals surface area contributed by atoms with Crippen molar-refractivity contribution in [2.75, 3.05) is 13.1 Å². The molecule has 1 aliphatic rings. The number of aromatic nitrogens is 1. The lowest BCUT2D eigenvalue weighted by atomic mass is 9.99. The predicted octanol–water partition coefficient (Wildman–Crippen LogP) is 3.45. The van der Waals surface area contributed by atoms with Crippen LogP contribution in [-0.4, -0.2) is 40.7 Å². The molecule has 1 aromatic rings. The van der Waals surface area contributed by atoms with E-state index in [4.69, 9.17) is 4.74 Å². The first-order valence-corrected chi connectivity index (χ1v) is 8.23. The Kier molecular flexibility index (Phi) is 5.51. The molecule has 1 saturated heterocycles. The van der Waals surface area contributed by atoms with Gasteiger partial charge in [0.2, 0.25) is 0 Å². The van der Waals surface area contributed by atoms with E-state index in [1.165, 1.54) is 18.5 Å². The molecule has 0 bridgehead atoms. The summed E-state index contributed by atoms with van der Waals surface area (Å²) in [5.74, 6) is 0. The van der Waals surface area contributed by atoms with Crippen LogP contribution in [0.2, 0.25) is 0 Å². The summed E-state index contributed by atoms with van der Waals surface area (Å²) in [6.07, 6.45) is 5.18. The zero-order chi connectivity index (χ0) is 16.2. The number of aromatic amines is 1. The Bertz CT molecular complexity index is 465. The van der Waals surface area contributed by atoms with Gasteiger partial charge in [-0.3, -0.25) is 4.90 Å². The second kappa shape index (κ2) is 7.18. The van der Waals surface area contributed by atoms with Crippen LogP contribution < -0.4 is 5.32 Å². The molecule has 0 spiro atoms. The molecule has 0 radical (unpaired) electrons. The van der Waals surface area contributed by atoms with E-state index in [-0.39, 0.29) is 6.09 Å². The largest absolute Gasteiger partial charge is 0.444 e. The first-order valence-electron chi connectivity index (χ1n) is 8.23. The van der Waals surface area contributed by atoms with Gasteiger partial charge in [-0.15, -0.1) is 0 Å². The number of nitrogens with zero attached hydrogens (tertiary/aromatic N) is 1. The molecule has 1 aliphatic heterocycles. The van der Waals surface area contributed by atoms with Gasteiger partial charge in [0, 0.05) is 30.5 Å². The van der Waals surface area contributed by atoms with Gasteiger partial charge in [-0.05, 0) is 59.2 Å². The van der Waals surface area contributed by atoms with Crippen LogP contribution in [0.15, 0.2) is 18.3 Å². The zero-order valence-electron chi connectivity index (χ0n) is 14.2. The van der Waals surface area contributed by atoms with Crippen LogP contribution in [0.4, 0.5) is 4.79 Å². The molecule has 124 valence electrons. The normalized spacial score (nSPS) is 21.4. The van der Waals surface area contributed by atoms with Gasteiger partial charge in [-0.1, -0.05) is 6.42 Å². The number of nitrogens with one attached hydrogen (secondary N) is 2. The van der Waals surface area contributed by atoms with Crippen LogP contribution in [0.5, 0.6) is 0 Å². The van der Waals surface area contributed by atoms with Gasteiger partial charge in [0.15, 0.2) is 0 Å². The highest BCUT2D eigenvalue weighted by atomic mass is 16.6. The molecule has 1 aromatic heterocycles. The topological polar surface area (TPSA) is 57.4 Å². The van der Waals surface area contributed by atoms with E-state index in [0.29, 0.717) is 18.6 Å². The lowest BCUT2D eigenvalue weighted by Crippen LogP contribution is -2.48. The first kappa shape index (κ1) is 16.9. The van der Waals surface area contributed by atoms with Crippen molar-refractivity contribution in [1.82, 2.24) is 15.2 Å². The molecule has 0 aromatic carbocycles. The van der Waals surface area contributed by atoms with E-state index < -0.39 is 5.60 Å². The van der Waals surface area contributed by atoms with E-state index in [1.54, 1.807) is 0 Å². The highest BCUT2D eigenvalue weighted by Crippen LogP contribution is 2.27. The van der Waals surface area contributed by atoms with Gasteiger partial charge in [0.25, 0.3) is 0 Å². The maximum absolute atomic E-state index is 11.8. The van der Waals surface area contributed by atoms with E-state index in [2.05, 4.69) is 28.2 Å². The minimum absolute atomic E-state index is 0.328. The number of hydrogen-bond donors (Lipinski definition) is 2. The third kappa shape index (κ3) is 4.77. The molecule has 5 heteroatoms. The fraction of sp³-hybridized carbons (Fsp3) is 0.706. The summed E-state index contributed by atoms with van der Waals surface area (Å²) in [7, 11) is 0. The summed E-state index contributed by atoms with van der Waals surface area (Å²) >= 11 is 0. The third-order valence-corrected chi connectivity index (χ3v) is 4.12. The van der Waals surface area contributed by atoms with Crippen LogP contribution in [-0.2, 0) is 4.74 Å². The highest BCUT2D eigenvalue weighted by molar-refractivity contribution is 5.67. The number of piperidine rings is 1. The average Bonchev–Trinajstić information content (AvgIpc) is 2.97. The molecule has 2 atom stereocenters. The molecule has 2 heterocycles. The Morgan fingerprint density at radius 1 is 1.50 bits per heavy atom. The SMILES string of the molecule is C[C@@H](c1ccc[nH]1)N1CCCC[C@@H]1CNC(=O)OC(C)(C)C. The van der Waals surface area contributed by atoms with Crippen LogP contribution in [0.3, 0.4) is 0 Å². The molecule has 22 heavy (non-hydrogen) atoms. The number of likely N-dealkylation sites (tertiary alicyclic amines) is 1. The Labute approximate surface area is 133 Å². The standard InChI is InChI=1S/C17H29N3O2/c1-13(15-9-7-10-18-15)20-11-6-5-8-14(20)12-19-16(21)22-17(2,3)4/h7,9-10,13-14,18H,5-6,8,11-12H2,1-4H3,(H,19,21)/t13-,14+/m0/s1. The summed E-state index contributed by atoms with van der Waals surface area (Å²) in [6, 6.07) is 4.85. The number of ether oxygens (including phenoxy) is 1. The van der Waals surface area contributed by atoms with Crippen LogP contribution in [0.1, 0.15) is 58.7 Å². The summed E-state index contributed by atoms with van der Waals surface area (Å²) in [5.41, 5.74) is 0.776. The quantitative estimate of drug-likeness (QED) is 0.895. The van der Waals surface area contributed by atoms with Crippen molar-refractivity contribution in [3.05, 3.63) is 24.0 Å². The number of carbonyl (C=O) groups excluding carboxylic acids is 1. The summed E-state index contributed by atoms with van der Waals surface area (Å²) in [4.78, 5) is 17.6. The third-order valence-electron chi connectivity index (χ3n) is 4.12. The van der Waals surface area contributed by atoms with Crippen molar-refractivity contribution < 1.29 is 9.53 Å². The van der Waals surface area contributed by atoms with Gasteiger partial charge >= 0.3 is 6.09 Å². The van der Waals surface area contributed by atoms with Gasteiger partial charge < -0.3 is 15.0 Å². The van der Waals surface area contributed by atoms with Crippen molar-refractivity contribution in [2.45, 2.75) is 64.6 Å². The van der Waals surface area contributed by atoms with Crippen molar-refractivity contribution in [2.24, 2.45) is 0 Å². The van der Waals surface area contributed by atoms with Crippen LogP contribution in [0, 0.1) is 0 Å². The summed E-state index contributed by atoms with van der Waals surface area (Å²) < 4.78 is 5.32. The maximum atomic E-state index is 11.8. The average molecular weight is 307 g/mol. The Morgan fingerprint density at radius 2 is 2.27 bits per heavy atom. The Hall–Kier alpha value is -1.49. The van der Waals surface area contributed by atoms with Gasteiger partial charge in [0.1, 0.15) is 5.60 Å².